The molecular weight excluding hydrogens is 238 g/mol. The second-order valence-corrected chi connectivity index (χ2v) is 4.71. The number of anilines is 1. The van der Waals surface area contributed by atoms with E-state index in [0.717, 1.165) is 18.8 Å². The Morgan fingerprint density at radius 1 is 1.16 bits per heavy atom. The van der Waals surface area contributed by atoms with E-state index >= 15 is 0 Å². The van der Waals surface area contributed by atoms with Crippen molar-refractivity contribution < 1.29 is 4.79 Å². The molecule has 0 aliphatic carbocycles. The third kappa shape index (κ3) is 6.22. The summed E-state index contributed by atoms with van der Waals surface area (Å²) in [6, 6.07) is 3.59. The van der Waals surface area contributed by atoms with Crippen molar-refractivity contribution in [3.63, 3.8) is 0 Å². The lowest BCUT2D eigenvalue weighted by Crippen LogP contribution is -2.24. The molecule has 1 heterocycles. The van der Waals surface area contributed by atoms with Gasteiger partial charge in [-0.05, 0) is 18.6 Å². The molecule has 1 rings (SSSR count). The minimum atomic E-state index is -0.0382. The maximum Gasteiger partial charge on any atom is 0.252 e. The van der Waals surface area contributed by atoms with Crippen molar-refractivity contribution in [1.82, 2.24) is 10.3 Å². The fraction of sp³-hybridized carbons (Fsp3) is 0.600. The van der Waals surface area contributed by atoms with Gasteiger partial charge in [-0.15, -0.1) is 0 Å². The summed E-state index contributed by atoms with van der Waals surface area (Å²) >= 11 is 0. The molecule has 0 saturated heterocycles. The predicted octanol–water partition coefficient (Wildman–Crippen LogP) is 3.21. The van der Waals surface area contributed by atoms with Crippen LogP contribution in [0.25, 0.3) is 0 Å². The first-order valence-electron chi connectivity index (χ1n) is 7.20. The van der Waals surface area contributed by atoms with Crippen LogP contribution in [0.3, 0.4) is 0 Å². The van der Waals surface area contributed by atoms with E-state index in [4.69, 9.17) is 0 Å². The van der Waals surface area contributed by atoms with E-state index < -0.39 is 0 Å². The van der Waals surface area contributed by atoms with Crippen LogP contribution in [0.2, 0.25) is 0 Å². The number of nitrogens with one attached hydrogen (secondary N) is 2. The lowest BCUT2D eigenvalue weighted by atomic mass is 10.1. The molecule has 1 aromatic heterocycles. The highest BCUT2D eigenvalue weighted by atomic mass is 16.1. The largest absolute Gasteiger partial charge is 0.373 e. The van der Waals surface area contributed by atoms with Gasteiger partial charge in [0.25, 0.3) is 5.91 Å². The normalized spacial score (nSPS) is 10.2. The molecule has 1 amide bonds. The molecule has 0 aliphatic heterocycles. The average molecular weight is 263 g/mol. The van der Waals surface area contributed by atoms with E-state index in [0.29, 0.717) is 5.56 Å². The van der Waals surface area contributed by atoms with Crippen molar-refractivity contribution in [3.05, 3.63) is 23.9 Å². The Hall–Kier alpha value is -1.58. The number of hydrogen-bond acceptors (Lipinski definition) is 3. The van der Waals surface area contributed by atoms with E-state index in [-0.39, 0.29) is 5.91 Å². The SMILES string of the molecule is CCCCCCCCNC(=O)c1ccc(NC)nc1. The summed E-state index contributed by atoms with van der Waals surface area (Å²) in [6.45, 7) is 2.96. The topological polar surface area (TPSA) is 54.0 Å². The quantitative estimate of drug-likeness (QED) is 0.673. The minimum absolute atomic E-state index is 0.0382. The van der Waals surface area contributed by atoms with Crippen molar-refractivity contribution in [3.8, 4) is 0 Å². The van der Waals surface area contributed by atoms with Crippen LogP contribution in [0.1, 0.15) is 55.8 Å². The van der Waals surface area contributed by atoms with Crippen LogP contribution in [0, 0.1) is 0 Å². The van der Waals surface area contributed by atoms with Gasteiger partial charge >= 0.3 is 0 Å². The Balaban J connectivity index is 2.16. The number of rotatable bonds is 9. The summed E-state index contributed by atoms with van der Waals surface area (Å²) in [4.78, 5) is 15.9. The smallest absolute Gasteiger partial charge is 0.252 e. The van der Waals surface area contributed by atoms with Gasteiger partial charge < -0.3 is 10.6 Å². The predicted molar refractivity (Wildman–Crippen MR) is 79.5 cm³/mol. The summed E-state index contributed by atoms with van der Waals surface area (Å²) in [6.07, 6.45) is 9.00. The summed E-state index contributed by atoms with van der Waals surface area (Å²) < 4.78 is 0. The zero-order chi connectivity index (χ0) is 13.9. The van der Waals surface area contributed by atoms with Crippen LogP contribution in [0.5, 0.6) is 0 Å². The Morgan fingerprint density at radius 3 is 2.53 bits per heavy atom. The fourth-order valence-corrected chi connectivity index (χ4v) is 1.89. The van der Waals surface area contributed by atoms with E-state index in [1.54, 1.807) is 25.4 Å². The Kier molecular flexibility index (Phi) is 7.63. The van der Waals surface area contributed by atoms with Gasteiger partial charge in [-0.1, -0.05) is 39.0 Å². The van der Waals surface area contributed by atoms with Gasteiger partial charge in [-0.2, -0.15) is 0 Å². The fourth-order valence-electron chi connectivity index (χ4n) is 1.89. The lowest BCUT2D eigenvalue weighted by Gasteiger charge is -2.05. The van der Waals surface area contributed by atoms with Gasteiger partial charge in [0.2, 0.25) is 0 Å². The highest BCUT2D eigenvalue weighted by Gasteiger charge is 2.04. The number of amides is 1. The summed E-state index contributed by atoms with van der Waals surface area (Å²) in [5.74, 6) is 0.733. The minimum Gasteiger partial charge on any atom is -0.373 e. The monoisotopic (exact) mass is 263 g/mol. The molecule has 0 aromatic carbocycles. The standard InChI is InChI=1S/C15H25N3O/c1-3-4-5-6-7-8-11-17-15(19)13-9-10-14(16-2)18-12-13/h9-10,12H,3-8,11H2,1-2H3,(H,16,18)(H,17,19). The van der Waals surface area contributed by atoms with Crippen LogP contribution in [0.4, 0.5) is 5.82 Å². The highest BCUT2D eigenvalue weighted by molar-refractivity contribution is 5.93. The summed E-state index contributed by atoms with van der Waals surface area (Å²) in [5.41, 5.74) is 0.616. The van der Waals surface area contributed by atoms with Crippen molar-refractivity contribution in [2.24, 2.45) is 0 Å². The molecule has 2 N–H and O–H groups in total. The van der Waals surface area contributed by atoms with Gasteiger partial charge in [-0.3, -0.25) is 4.79 Å². The number of unbranched alkanes of at least 4 members (excludes halogenated alkanes) is 5. The second-order valence-electron chi connectivity index (χ2n) is 4.71. The summed E-state index contributed by atoms with van der Waals surface area (Å²) in [7, 11) is 1.81. The van der Waals surface area contributed by atoms with Crippen molar-refractivity contribution in [2.75, 3.05) is 18.9 Å². The molecule has 0 saturated carbocycles. The first kappa shape index (κ1) is 15.5. The first-order valence-corrected chi connectivity index (χ1v) is 7.20. The van der Waals surface area contributed by atoms with E-state index in [1.807, 2.05) is 0 Å². The highest BCUT2D eigenvalue weighted by Crippen LogP contribution is 2.05. The van der Waals surface area contributed by atoms with Gasteiger partial charge in [0, 0.05) is 19.8 Å². The average Bonchev–Trinajstić information content (AvgIpc) is 2.46. The number of aromatic nitrogens is 1. The van der Waals surface area contributed by atoms with Gasteiger partial charge in [-0.25, -0.2) is 4.98 Å². The zero-order valence-electron chi connectivity index (χ0n) is 12.0. The number of nitrogens with zero attached hydrogens (tertiary/aromatic N) is 1. The third-order valence-electron chi connectivity index (χ3n) is 3.10. The molecule has 0 aliphatic rings. The molecule has 4 nitrogen and oxygen atoms in total. The van der Waals surface area contributed by atoms with Crippen LogP contribution in [0.15, 0.2) is 18.3 Å². The molecule has 0 radical (unpaired) electrons. The number of carbonyl (C=O) groups excluding carboxylic acids is 1. The second kappa shape index (κ2) is 9.36. The molecule has 0 bridgehead atoms. The summed E-state index contributed by atoms with van der Waals surface area (Å²) in [5, 5.41) is 5.85. The van der Waals surface area contributed by atoms with Crippen LogP contribution >= 0.6 is 0 Å². The number of carbonyl (C=O) groups is 1. The Morgan fingerprint density at radius 2 is 1.89 bits per heavy atom. The van der Waals surface area contributed by atoms with Crippen LogP contribution < -0.4 is 10.6 Å². The van der Waals surface area contributed by atoms with Gasteiger partial charge in [0.1, 0.15) is 5.82 Å². The molecule has 0 atom stereocenters. The molecule has 4 heteroatoms. The molecule has 0 fully saturated rings. The van der Waals surface area contributed by atoms with E-state index in [2.05, 4.69) is 22.5 Å². The van der Waals surface area contributed by atoms with Crippen LogP contribution in [-0.2, 0) is 0 Å². The van der Waals surface area contributed by atoms with Crippen molar-refractivity contribution in [2.45, 2.75) is 45.4 Å². The molecule has 0 spiro atoms. The van der Waals surface area contributed by atoms with Gasteiger partial charge in [0.15, 0.2) is 0 Å². The molecule has 106 valence electrons. The third-order valence-corrected chi connectivity index (χ3v) is 3.10. The van der Waals surface area contributed by atoms with E-state index in [1.165, 1.54) is 32.1 Å². The van der Waals surface area contributed by atoms with Crippen molar-refractivity contribution in [1.29, 1.82) is 0 Å². The molecule has 19 heavy (non-hydrogen) atoms. The molecule has 1 aromatic rings. The Labute approximate surface area is 116 Å². The Bertz CT molecular complexity index is 362. The maximum absolute atomic E-state index is 11.8. The zero-order valence-corrected chi connectivity index (χ0v) is 12.0. The molecular formula is C15H25N3O. The van der Waals surface area contributed by atoms with Crippen molar-refractivity contribution >= 4 is 11.7 Å². The maximum atomic E-state index is 11.8. The van der Waals surface area contributed by atoms with E-state index in [9.17, 15) is 4.79 Å². The van der Waals surface area contributed by atoms with Crippen LogP contribution in [-0.4, -0.2) is 24.5 Å². The number of pyridine rings is 1. The lowest BCUT2D eigenvalue weighted by molar-refractivity contribution is 0.0952. The molecule has 0 unspecified atom stereocenters. The number of hydrogen-bond donors (Lipinski definition) is 2. The van der Waals surface area contributed by atoms with Gasteiger partial charge in [0.05, 0.1) is 5.56 Å². The first-order chi connectivity index (χ1) is 9.27.